The number of carbonyl (C=O) groups is 2. The average molecular weight is 478 g/mol. The SMILES string of the molecule is Cc1nc(COc2ccc(/C=C/C(=O)Nc3cccc(C(=O)N4CCOCC4)c3C)cc2)cs1. The van der Waals surface area contributed by atoms with Gasteiger partial charge in [0, 0.05) is 35.8 Å². The lowest BCUT2D eigenvalue weighted by Gasteiger charge is -2.27. The number of nitrogens with one attached hydrogen (secondary N) is 1. The molecule has 3 aromatic rings. The Bertz CT molecular complexity index is 1180. The predicted molar refractivity (Wildman–Crippen MR) is 133 cm³/mol. The Balaban J connectivity index is 1.34. The quantitative estimate of drug-likeness (QED) is 0.508. The third-order valence-electron chi connectivity index (χ3n) is 5.48. The molecule has 0 radical (unpaired) electrons. The van der Waals surface area contributed by atoms with Crippen molar-refractivity contribution in [3.8, 4) is 5.75 Å². The molecule has 7 nitrogen and oxygen atoms in total. The molecule has 1 saturated heterocycles. The summed E-state index contributed by atoms with van der Waals surface area (Å²) < 4.78 is 11.1. The number of carbonyl (C=O) groups excluding carboxylic acids is 2. The lowest BCUT2D eigenvalue weighted by atomic mass is 10.0. The Hall–Kier alpha value is -3.49. The molecule has 0 bridgehead atoms. The number of aryl methyl sites for hydroxylation is 1. The van der Waals surface area contributed by atoms with E-state index in [0.29, 0.717) is 44.2 Å². The molecule has 2 aromatic carbocycles. The average Bonchev–Trinajstić information content (AvgIpc) is 3.28. The summed E-state index contributed by atoms with van der Waals surface area (Å²) in [5, 5.41) is 5.88. The highest BCUT2D eigenvalue weighted by molar-refractivity contribution is 7.09. The second kappa shape index (κ2) is 11.1. The van der Waals surface area contributed by atoms with Gasteiger partial charge < -0.3 is 19.7 Å². The molecule has 34 heavy (non-hydrogen) atoms. The summed E-state index contributed by atoms with van der Waals surface area (Å²) in [4.78, 5) is 31.5. The number of rotatable bonds is 7. The highest BCUT2D eigenvalue weighted by Crippen LogP contribution is 2.21. The number of benzene rings is 2. The van der Waals surface area contributed by atoms with Crippen LogP contribution >= 0.6 is 11.3 Å². The maximum atomic E-state index is 12.9. The van der Waals surface area contributed by atoms with Gasteiger partial charge in [-0.3, -0.25) is 9.59 Å². The maximum absolute atomic E-state index is 12.9. The van der Waals surface area contributed by atoms with Gasteiger partial charge in [0.1, 0.15) is 12.4 Å². The fourth-order valence-electron chi connectivity index (χ4n) is 3.59. The minimum Gasteiger partial charge on any atom is -0.487 e. The van der Waals surface area contributed by atoms with E-state index >= 15 is 0 Å². The maximum Gasteiger partial charge on any atom is 0.254 e. The van der Waals surface area contributed by atoms with Crippen LogP contribution in [0.3, 0.4) is 0 Å². The van der Waals surface area contributed by atoms with Crippen LogP contribution in [0.1, 0.15) is 32.2 Å². The van der Waals surface area contributed by atoms with Crippen LogP contribution in [0.2, 0.25) is 0 Å². The molecule has 1 aliphatic heterocycles. The van der Waals surface area contributed by atoms with Crippen molar-refractivity contribution in [3.05, 3.63) is 81.3 Å². The number of ether oxygens (including phenoxy) is 2. The predicted octanol–water partition coefficient (Wildman–Crippen LogP) is 4.46. The lowest BCUT2D eigenvalue weighted by molar-refractivity contribution is -0.111. The van der Waals surface area contributed by atoms with E-state index in [-0.39, 0.29) is 11.8 Å². The van der Waals surface area contributed by atoms with E-state index in [9.17, 15) is 9.59 Å². The second-order valence-corrected chi connectivity index (χ2v) is 8.98. The third kappa shape index (κ3) is 6.09. The monoisotopic (exact) mass is 477 g/mol. The summed E-state index contributed by atoms with van der Waals surface area (Å²) in [6, 6.07) is 12.9. The first-order chi connectivity index (χ1) is 16.5. The topological polar surface area (TPSA) is 80.8 Å². The van der Waals surface area contributed by atoms with Gasteiger partial charge in [0.25, 0.3) is 5.91 Å². The molecule has 176 valence electrons. The van der Waals surface area contributed by atoms with Gasteiger partial charge in [-0.15, -0.1) is 11.3 Å². The van der Waals surface area contributed by atoms with Gasteiger partial charge in [-0.05, 0) is 55.3 Å². The van der Waals surface area contributed by atoms with Crippen LogP contribution in [0, 0.1) is 13.8 Å². The van der Waals surface area contributed by atoms with Crippen LogP contribution in [0.15, 0.2) is 53.9 Å². The van der Waals surface area contributed by atoms with Crippen LogP contribution in [0.25, 0.3) is 6.08 Å². The van der Waals surface area contributed by atoms with Gasteiger partial charge >= 0.3 is 0 Å². The molecule has 0 saturated carbocycles. The Labute approximate surface area is 203 Å². The summed E-state index contributed by atoms with van der Waals surface area (Å²) in [5.41, 5.74) is 3.74. The molecule has 0 atom stereocenters. The zero-order valence-corrected chi connectivity index (χ0v) is 20.1. The number of anilines is 1. The molecule has 0 aliphatic carbocycles. The first-order valence-electron chi connectivity index (χ1n) is 11.1. The lowest BCUT2D eigenvalue weighted by Crippen LogP contribution is -2.41. The van der Waals surface area contributed by atoms with Crippen molar-refractivity contribution in [2.24, 2.45) is 0 Å². The molecule has 1 fully saturated rings. The largest absolute Gasteiger partial charge is 0.487 e. The van der Waals surface area contributed by atoms with E-state index in [4.69, 9.17) is 9.47 Å². The van der Waals surface area contributed by atoms with E-state index in [0.717, 1.165) is 27.6 Å². The van der Waals surface area contributed by atoms with Crippen molar-refractivity contribution in [2.45, 2.75) is 20.5 Å². The van der Waals surface area contributed by atoms with Gasteiger partial charge in [-0.2, -0.15) is 0 Å². The standard InChI is InChI=1S/C26H27N3O4S/c1-18-23(26(31)29-12-14-32-15-13-29)4-3-5-24(18)28-25(30)11-8-20-6-9-22(10-7-20)33-16-21-17-34-19(2)27-21/h3-11,17H,12-16H2,1-2H3,(H,28,30)/b11-8+. The van der Waals surface area contributed by atoms with Crippen LogP contribution in [0.4, 0.5) is 5.69 Å². The second-order valence-electron chi connectivity index (χ2n) is 7.92. The summed E-state index contributed by atoms with van der Waals surface area (Å²) in [6.07, 6.45) is 3.21. The highest BCUT2D eigenvalue weighted by Gasteiger charge is 2.21. The smallest absolute Gasteiger partial charge is 0.254 e. The number of thiazole rings is 1. The highest BCUT2D eigenvalue weighted by atomic mass is 32.1. The molecule has 8 heteroatoms. The van der Waals surface area contributed by atoms with E-state index in [1.807, 2.05) is 43.5 Å². The van der Waals surface area contributed by atoms with Crippen molar-refractivity contribution in [1.82, 2.24) is 9.88 Å². The van der Waals surface area contributed by atoms with Crippen LogP contribution < -0.4 is 10.1 Å². The van der Waals surface area contributed by atoms with Crippen LogP contribution in [0.5, 0.6) is 5.75 Å². The number of nitrogens with zero attached hydrogens (tertiary/aromatic N) is 2. The number of hydrogen-bond donors (Lipinski definition) is 1. The molecule has 2 amide bonds. The fourth-order valence-corrected chi connectivity index (χ4v) is 4.19. The Morgan fingerprint density at radius 1 is 1.15 bits per heavy atom. The van der Waals surface area contributed by atoms with E-state index < -0.39 is 0 Å². The zero-order valence-electron chi connectivity index (χ0n) is 19.2. The van der Waals surface area contributed by atoms with Gasteiger partial charge in [0.2, 0.25) is 5.91 Å². The van der Waals surface area contributed by atoms with E-state index in [2.05, 4.69) is 10.3 Å². The molecule has 1 aromatic heterocycles. The molecule has 2 heterocycles. The van der Waals surface area contributed by atoms with Crippen molar-refractivity contribution in [2.75, 3.05) is 31.6 Å². The first-order valence-corrected chi connectivity index (χ1v) is 12.0. The van der Waals surface area contributed by atoms with Gasteiger partial charge in [0.15, 0.2) is 0 Å². The first kappa shape index (κ1) is 23.7. The number of amides is 2. The Morgan fingerprint density at radius 2 is 1.91 bits per heavy atom. The molecule has 4 rings (SSSR count). The molecule has 0 unspecified atom stereocenters. The van der Waals surface area contributed by atoms with Crippen molar-refractivity contribution >= 4 is 34.9 Å². The molecule has 1 aliphatic rings. The normalized spacial score (nSPS) is 13.8. The minimum absolute atomic E-state index is 0.0420. The van der Waals surface area contributed by atoms with Crippen molar-refractivity contribution in [1.29, 1.82) is 0 Å². The Kier molecular flexibility index (Phi) is 7.72. The summed E-state index contributed by atoms with van der Waals surface area (Å²) >= 11 is 1.60. The molecular formula is C26H27N3O4S. The van der Waals surface area contributed by atoms with Gasteiger partial charge in [0.05, 0.1) is 23.9 Å². The number of hydrogen-bond acceptors (Lipinski definition) is 6. The number of morpholine rings is 1. The summed E-state index contributed by atoms with van der Waals surface area (Å²) in [7, 11) is 0. The van der Waals surface area contributed by atoms with Crippen LogP contribution in [-0.4, -0.2) is 48.0 Å². The van der Waals surface area contributed by atoms with Crippen LogP contribution in [-0.2, 0) is 16.1 Å². The van der Waals surface area contributed by atoms with Crippen molar-refractivity contribution < 1.29 is 19.1 Å². The molecule has 1 N–H and O–H groups in total. The minimum atomic E-state index is -0.265. The molecule has 0 spiro atoms. The number of aromatic nitrogens is 1. The third-order valence-corrected chi connectivity index (χ3v) is 6.30. The van der Waals surface area contributed by atoms with Gasteiger partial charge in [-0.1, -0.05) is 18.2 Å². The zero-order chi connectivity index (χ0) is 23.9. The van der Waals surface area contributed by atoms with E-state index in [1.54, 1.807) is 40.5 Å². The fraction of sp³-hybridized carbons (Fsp3) is 0.269. The summed E-state index contributed by atoms with van der Waals surface area (Å²) in [5.74, 6) is 0.433. The van der Waals surface area contributed by atoms with Crippen molar-refractivity contribution in [3.63, 3.8) is 0 Å². The summed E-state index contributed by atoms with van der Waals surface area (Å²) in [6.45, 7) is 6.48. The van der Waals surface area contributed by atoms with E-state index in [1.165, 1.54) is 6.08 Å². The molecular weight excluding hydrogens is 450 g/mol. The Morgan fingerprint density at radius 3 is 2.62 bits per heavy atom. The van der Waals surface area contributed by atoms with Gasteiger partial charge in [-0.25, -0.2) is 4.98 Å².